The average molecular weight is 645 g/mol. The van der Waals surface area contributed by atoms with Crippen LogP contribution in [0.4, 0.5) is 5.82 Å². The van der Waals surface area contributed by atoms with Crippen molar-refractivity contribution in [2.24, 2.45) is 5.92 Å². The van der Waals surface area contributed by atoms with Crippen LogP contribution in [0.2, 0.25) is 0 Å². The summed E-state index contributed by atoms with van der Waals surface area (Å²) in [5.74, 6) is -0.904. The number of carbonyl (C=O) groups is 3. The molecule has 1 atom stereocenters. The lowest BCUT2D eigenvalue weighted by Crippen LogP contribution is -2.43. The van der Waals surface area contributed by atoms with Crippen molar-refractivity contribution in [3.05, 3.63) is 31.9 Å². The normalized spacial score (nSPS) is 17.8. The molecule has 2 fully saturated rings. The van der Waals surface area contributed by atoms with Crippen LogP contribution in [0.1, 0.15) is 101 Å². The quantitative estimate of drug-likeness (QED) is 0.105. The molecule has 1 amide bonds. The number of hydrogen-bond donors (Lipinski definition) is 1. The fourth-order valence-electron chi connectivity index (χ4n) is 5.83. The van der Waals surface area contributed by atoms with Gasteiger partial charge in [0, 0.05) is 38.2 Å². The molecule has 1 unspecified atom stereocenters. The molecular weight excluding hydrogens is 601 g/mol. The maximum Gasteiger partial charge on any atom is 0.310 e. The fraction of sp³-hybridized carbons (Fsp3) is 0.625. The van der Waals surface area contributed by atoms with E-state index < -0.39 is 5.97 Å². The van der Waals surface area contributed by atoms with Gasteiger partial charge in [0.15, 0.2) is 0 Å². The van der Waals surface area contributed by atoms with Gasteiger partial charge in [-0.05, 0) is 58.1 Å². The van der Waals surface area contributed by atoms with E-state index in [0.717, 1.165) is 57.8 Å². The number of rotatable bonds is 16. The van der Waals surface area contributed by atoms with E-state index >= 15 is 0 Å². The highest BCUT2D eigenvalue weighted by molar-refractivity contribution is 8.26. The second-order valence-electron chi connectivity index (χ2n) is 11.2. The van der Waals surface area contributed by atoms with Crippen LogP contribution in [-0.2, 0) is 25.7 Å². The number of esters is 1. The van der Waals surface area contributed by atoms with E-state index in [1.807, 2.05) is 11.8 Å². The predicted octanol–water partition coefficient (Wildman–Crippen LogP) is 5.62. The minimum atomic E-state index is -0.742. The monoisotopic (exact) mass is 644 g/mol. The zero-order chi connectivity index (χ0) is 32.2. The summed E-state index contributed by atoms with van der Waals surface area (Å²) >= 11 is 6.81. The first-order valence-corrected chi connectivity index (χ1v) is 16.9. The van der Waals surface area contributed by atoms with Crippen molar-refractivity contribution in [2.75, 3.05) is 31.1 Å². The molecule has 0 bridgehead atoms. The minimum Gasteiger partial charge on any atom is -0.481 e. The van der Waals surface area contributed by atoms with Crippen molar-refractivity contribution in [3.63, 3.8) is 0 Å². The van der Waals surface area contributed by atoms with Crippen molar-refractivity contribution in [1.29, 1.82) is 5.26 Å². The number of aliphatic carboxylic acids is 1. The number of thioether (sulfide) groups is 1. The molecule has 2 aliphatic rings. The van der Waals surface area contributed by atoms with E-state index in [1.165, 1.54) is 11.8 Å². The number of hydrogen-bond acceptors (Lipinski definition) is 9. The molecular formula is C32H44N4O6S2. The Labute approximate surface area is 269 Å². The molecule has 1 N–H and O–H groups in total. The highest BCUT2D eigenvalue weighted by Crippen LogP contribution is 2.37. The number of ether oxygens (including phenoxy) is 1. The van der Waals surface area contributed by atoms with Crippen LogP contribution in [0.3, 0.4) is 0 Å². The van der Waals surface area contributed by atoms with E-state index in [1.54, 1.807) is 29.4 Å². The maximum absolute atomic E-state index is 13.5. The van der Waals surface area contributed by atoms with Crippen LogP contribution in [0.25, 0.3) is 6.08 Å². The number of thiocarbonyl (C=S) groups is 1. The number of aromatic nitrogens is 1. The third kappa shape index (κ3) is 8.94. The van der Waals surface area contributed by atoms with Gasteiger partial charge < -0.3 is 14.7 Å². The molecule has 0 aliphatic carbocycles. The van der Waals surface area contributed by atoms with Crippen LogP contribution in [0.15, 0.2) is 9.70 Å². The second kappa shape index (κ2) is 17.4. The molecule has 2 saturated heterocycles. The second-order valence-corrected chi connectivity index (χ2v) is 12.9. The van der Waals surface area contributed by atoms with Crippen molar-refractivity contribution in [2.45, 2.75) is 97.9 Å². The van der Waals surface area contributed by atoms with Gasteiger partial charge in [-0.3, -0.25) is 28.6 Å². The van der Waals surface area contributed by atoms with E-state index in [-0.39, 0.29) is 35.3 Å². The molecule has 2 aliphatic heterocycles. The summed E-state index contributed by atoms with van der Waals surface area (Å²) in [5.41, 5.74) is 0.781. The summed E-state index contributed by atoms with van der Waals surface area (Å²) in [7, 11) is 0. The Bertz CT molecular complexity index is 1370. The highest BCUT2D eigenvalue weighted by atomic mass is 32.2. The summed E-state index contributed by atoms with van der Waals surface area (Å²) in [6, 6.07) is 2.06. The van der Waals surface area contributed by atoms with Gasteiger partial charge in [0.2, 0.25) is 0 Å². The van der Waals surface area contributed by atoms with Crippen LogP contribution in [0, 0.1) is 24.2 Å². The minimum absolute atomic E-state index is 0.0400. The summed E-state index contributed by atoms with van der Waals surface area (Å²) in [6.07, 6.45) is 11.1. The van der Waals surface area contributed by atoms with Crippen molar-refractivity contribution in [1.82, 2.24) is 9.47 Å². The van der Waals surface area contributed by atoms with Gasteiger partial charge in [-0.1, -0.05) is 62.5 Å². The highest BCUT2D eigenvalue weighted by Gasteiger charge is 2.34. The van der Waals surface area contributed by atoms with Gasteiger partial charge in [0.25, 0.3) is 11.5 Å². The average Bonchev–Trinajstić information content (AvgIpc) is 3.26. The third-order valence-corrected chi connectivity index (χ3v) is 9.55. The molecule has 44 heavy (non-hydrogen) atoms. The first kappa shape index (κ1) is 35.3. The van der Waals surface area contributed by atoms with E-state index in [0.29, 0.717) is 65.4 Å². The Kier molecular flexibility index (Phi) is 13.9. The molecule has 10 nitrogen and oxygen atoms in total. The first-order chi connectivity index (χ1) is 21.1. The lowest BCUT2D eigenvalue weighted by Gasteiger charge is -2.36. The molecule has 1 aromatic rings. The van der Waals surface area contributed by atoms with E-state index in [2.05, 4.69) is 6.07 Å². The van der Waals surface area contributed by atoms with Crippen LogP contribution < -0.4 is 10.5 Å². The molecule has 12 heteroatoms. The number of carboxylic acids is 1. The molecule has 0 saturated carbocycles. The Morgan fingerprint density at radius 3 is 2.39 bits per heavy atom. The summed E-state index contributed by atoms with van der Waals surface area (Å²) < 4.78 is 7.34. The first-order valence-electron chi connectivity index (χ1n) is 15.7. The Morgan fingerprint density at radius 2 is 1.77 bits per heavy atom. The number of amides is 1. The molecule has 0 spiro atoms. The fourth-order valence-corrected chi connectivity index (χ4v) is 7.12. The number of carboxylic acid groups (broad SMARTS) is 1. The predicted molar refractivity (Wildman–Crippen MR) is 176 cm³/mol. The molecule has 240 valence electrons. The smallest absolute Gasteiger partial charge is 0.310 e. The lowest BCUT2D eigenvalue weighted by atomic mass is 9.96. The molecule has 0 aromatic carbocycles. The topological polar surface area (TPSA) is 133 Å². The summed E-state index contributed by atoms with van der Waals surface area (Å²) in [4.78, 5) is 54.2. The summed E-state index contributed by atoms with van der Waals surface area (Å²) in [5, 5.41) is 18.6. The maximum atomic E-state index is 13.5. The zero-order valence-electron chi connectivity index (χ0n) is 26.1. The Morgan fingerprint density at radius 1 is 1.11 bits per heavy atom. The molecule has 3 rings (SSSR count). The lowest BCUT2D eigenvalue weighted by molar-refractivity contribution is -0.148. The number of anilines is 1. The SMILES string of the molecule is CCOC(=O)C1CCCN(c2c(/C=C3\SC(=S)N(CCCCCCCCCCC(=O)O)C3=O)c(C)c(C#N)c(=O)n2CC)C1. The zero-order valence-corrected chi connectivity index (χ0v) is 27.7. The third-order valence-electron chi connectivity index (χ3n) is 8.17. The van der Waals surface area contributed by atoms with Gasteiger partial charge in [-0.15, -0.1) is 0 Å². The number of carbonyl (C=O) groups excluding carboxylic acids is 2. The van der Waals surface area contributed by atoms with Crippen LogP contribution >= 0.6 is 24.0 Å². The number of piperidine rings is 1. The molecule has 1 aromatic heterocycles. The number of unbranched alkanes of at least 4 members (excludes halogenated alkanes) is 7. The van der Waals surface area contributed by atoms with Gasteiger partial charge in [-0.2, -0.15) is 5.26 Å². The van der Waals surface area contributed by atoms with Crippen molar-refractivity contribution >= 4 is 58.0 Å². The van der Waals surface area contributed by atoms with Crippen molar-refractivity contribution < 1.29 is 24.2 Å². The van der Waals surface area contributed by atoms with Gasteiger partial charge >= 0.3 is 11.9 Å². The molecule has 0 radical (unpaired) electrons. The number of nitriles is 1. The Balaban J connectivity index is 1.76. The number of pyridine rings is 1. The van der Waals surface area contributed by atoms with Crippen LogP contribution in [0.5, 0.6) is 0 Å². The number of nitrogens with zero attached hydrogens (tertiary/aromatic N) is 4. The van der Waals surface area contributed by atoms with E-state index in [9.17, 15) is 24.4 Å². The Hall–Kier alpha value is -3.17. The summed E-state index contributed by atoms with van der Waals surface area (Å²) in [6.45, 7) is 7.52. The van der Waals surface area contributed by atoms with Gasteiger partial charge in [-0.25, -0.2) is 0 Å². The molecule has 3 heterocycles. The van der Waals surface area contributed by atoms with Crippen LogP contribution in [-0.4, -0.2) is 63.0 Å². The van der Waals surface area contributed by atoms with E-state index in [4.69, 9.17) is 22.1 Å². The standard InChI is InChI=1S/C32H44N4O6S2/c1-4-35-28(34-17-14-15-23(21-34)31(41)42-5-2)24(22(3)25(20-33)29(35)39)19-26-30(40)36(32(43)44-26)18-13-11-9-7-6-8-10-12-16-27(37)38/h19,23H,4-18,21H2,1-3H3,(H,37,38)/b26-19-. The van der Waals surface area contributed by atoms with Gasteiger partial charge in [0.1, 0.15) is 21.8 Å². The van der Waals surface area contributed by atoms with Crippen molar-refractivity contribution in [3.8, 4) is 6.07 Å². The largest absolute Gasteiger partial charge is 0.481 e. The van der Waals surface area contributed by atoms with Gasteiger partial charge in [0.05, 0.1) is 17.4 Å².